The fourth-order valence-electron chi connectivity index (χ4n) is 2.65. The van der Waals surface area contributed by atoms with Crippen molar-refractivity contribution in [1.29, 1.82) is 0 Å². The number of ether oxygens (including phenoxy) is 1. The number of methoxy groups -OCH3 is 1. The Labute approximate surface area is 160 Å². The Balaban J connectivity index is 1.77. The number of halogens is 1. The van der Waals surface area contributed by atoms with Crippen LogP contribution < -0.4 is 4.74 Å². The lowest BCUT2D eigenvalue weighted by Gasteiger charge is -2.26. The number of nitrogens with zero attached hydrogens (tertiary/aromatic N) is 4. The summed E-state index contributed by atoms with van der Waals surface area (Å²) in [5.41, 5.74) is 2.56. The molecule has 3 aromatic rings. The maximum absolute atomic E-state index is 12.8. The van der Waals surface area contributed by atoms with Crippen LogP contribution in [0.25, 0.3) is 5.69 Å². The average molecular weight is 415 g/mol. The maximum atomic E-state index is 12.8. The molecule has 7 heteroatoms. The normalized spacial score (nSPS) is 11.8. The van der Waals surface area contributed by atoms with E-state index < -0.39 is 0 Å². The van der Waals surface area contributed by atoms with Crippen molar-refractivity contribution in [1.82, 2.24) is 19.7 Å². The van der Waals surface area contributed by atoms with Gasteiger partial charge < -0.3 is 9.64 Å². The van der Waals surface area contributed by atoms with Crippen LogP contribution in [0.2, 0.25) is 0 Å². The van der Waals surface area contributed by atoms with Crippen molar-refractivity contribution in [3.8, 4) is 11.4 Å². The lowest BCUT2D eigenvalue weighted by Crippen LogP contribution is -2.29. The van der Waals surface area contributed by atoms with Crippen LogP contribution in [0.1, 0.15) is 28.9 Å². The lowest BCUT2D eigenvalue weighted by molar-refractivity contribution is 0.0742. The van der Waals surface area contributed by atoms with Crippen molar-refractivity contribution in [2.24, 2.45) is 0 Å². The predicted octanol–water partition coefficient (Wildman–Crippen LogP) is 3.87. The topological polar surface area (TPSA) is 60.2 Å². The number of carbonyl (C=O) groups is 1. The van der Waals surface area contributed by atoms with Gasteiger partial charge in [0.1, 0.15) is 18.4 Å². The molecule has 0 fully saturated rings. The third-order valence-corrected chi connectivity index (χ3v) is 4.98. The first-order valence-corrected chi connectivity index (χ1v) is 8.86. The van der Waals surface area contributed by atoms with Crippen molar-refractivity contribution in [3.63, 3.8) is 0 Å². The summed E-state index contributed by atoms with van der Waals surface area (Å²) in [5, 5.41) is 4.11. The highest BCUT2D eigenvalue weighted by atomic mass is 79.9. The highest BCUT2D eigenvalue weighted by Gasteiger charge is 2.20. The first kappa shape index (κ1) is 18.1. The fourth-order valence-corrected chi connectivity index (χ4v) is 3.19. The van der Waals surface area contributed by atoms with Crippen LogP contribution in [-0.4, -0.2) is 39.7 Å². The number of rotatable bonds is 5. The number of benzene rings is 2. The molecule has 0 bridgehead atoms. The Bertz CT molecular complexity index is 894. The molecule has 0 saturated carbocycles. The van der Waals surface area contributed by atoms with Crippen molar-refractivity contribution in [3.05, 3.63) is 70.7 Å². The first-order valence-electron chi connectivity index (χ1n) is 8.07. The van der Waals surface area contributed by atoms with E-state index in [0.29, 0.717) is 11.3 Å². The fraction of sp³-hybridized carbons (Fsp3) is 0.211. The molecule has 6 nitrogen and oxygen atoms in total. The molecule has 0 aliphatic carbocycles. The van der Waals surface area contributed by atoms with Gasteiger partial charge in [-0.05, 0) is 58.7 Å². The molecule has 2 aromatic carbocycles. The molecule has 1 amide bonds. The smallest absolute Gasteiger partial charge is 0.254 e. The van der Waals surface area contributed by atoms with E-state index in [2.05, 4.69) is 26.0 Å². The molecular weight excluding hydrogens is 396 g/mol. The Hall–Kier alpha value is -2.67. The van der Waals surface area contributed by atoms with Crippen LogP contribution in [-0.2, 0) is 0 Å². The van der Waals surface area contributed by atoms with Gasteiger partial charge in [0.25, 0.3) is 5.91 Å². The molecule has 1 heterocycles. The van der Waals surface area contributed by atoms with Gasteiger partial charge in [0.2, 0.25) is 0 Å². The number of carbonyl (C=O) groups excluding carboxylic acids is 1. The Kier molecular flexibility index (Phi) is 5.37. The van der Waals surface area contributed by atoms with Gasteiger partial charge in [-0.25, -0.2) is 9.67 Å². The van der Waals surface area contributed by atoms with E-state index in [1.54, 1.807) is 48.3 Å². The minimum Gasteiger partial charge on any atom is -0.496 e. The van der Waals surface area contributed by atoms with E-state index in [1.165, 1.54) is 6.33 Å². The maximum Gasteiger partial charge on any atom is 0.254 e. The van der Waals surface area contributed by atoms with Crippen LogP contribution >= 0.6 is 15.9 Å². The summed E-state index contributed by atoms with van der Waals surface area (Å²) in [5.74, 6) is 0.641. The zero-order valence-corrected chi connectivity index (χ0v) is 16.3. The molecule has 3 rings (SSSR count). The quantitative estimate of drug-likeness (QED) is 0.635. The molecular formula is C19H19BrN4O2. The van der Waals surface area contributed by atoms with Crippen LogP contribution in [0.5, 0.6) is 5.75 Å². The second kappa shape index (κ2) is 7.70. The van der Waals surface area contributed by atoms with E-state index >= 15 is 0 Å². The van der Waals surface area contributed by atoms with Gasteiger partial charge in [-0.3, -0.25) is 4.79 Å². The third kappa shape index (κ3) is 3.62. The van der Waals surface area contributed by atoms with Gasteiger partial charge in [0, 0.05) is 12.6 Å². The van der Waals surface area contributed by atoms with Gasteiger partial charge in [-0.1, -0.05) is 12.1 Å². The van der Waals surface area contributed by atoms with Gasteiger partial charge in [0.15, 0.2) is 0 Å². The van der Waals surface area contributed by atoms with Crippen LogP contribution in [0, 0.1) is 0 Å². The standard InChI is InChI=1S/C19H19BrN4O2/c1-13(14-4-7-16(8-5-14)24-12-21-11-22-24)23(2)19(25)15-6-9-18(26-3)17(20)10-15/h4-13H,1-3H3/t13-/m0/s1. The summed E-state index contributed by atoms with van der Waals surface area (Å²) in [6, 6.07) is 13.2. The van der Waals surface area contributed by atoms with Crippen molar-refractivity contribution >= 4 is 21.8 Å². The van der Waals surface area contributed by atoms with Gasteiger partial charge in [-0.15, -0.1) is 0 Å². The lowest BCUT2D eigenvalue weighted by atomic mass is 10.1. The van der Waals surface area contributed by atoms with Gasteiger partial charge in [0.05, 0.1) is 23.3 Å². The minimum atomic E-state index is -0.0758. The summed E-state index contributed by atoms with van der Waals surface area (Å²) >= 11 is 3.42. The summed E-state index contributed by atoms with van der Waals surface area (Å²) < 4.78 is 7.66. The van der Waals surface area contributed by atoms with E-state index in [0.717, 1.165) is 15.7 Å². The summed E-state index contributed by atoms with van der Waals surface area (Å²) in [7, 11) is 3.40. The largest absolute Gasteiger partial charge is 0.496 e. The number of hydrogen-bond donors (Lipinski definition) is 0. The van der Waals surface area contributed by atoms with Crippen LogP contribution in [0.3, 0.4) is 0 Å². The molecule has 0 saturated heterocycles. The van der Waals surface area contributed by atoms with Crippen molar-refractivity contribution in [2.75, 3.05) is 14.2 Å². The zero-order valence-electron chi connectivity index (χ0n) is 14.8. The van der Waals surface area contributed by atoms with E-state index in [9.17, 15) is 4.79 Å². The van der Waals surface area contributed by atoms with Gasteiger partial charge in [-0.2, -0.15) is 5.10 Å². The molecule has 26 heavy (non-hydrogen) atoms. The number of aromatic nitrogens is 3. The summed E-state index contributed by atoms with van der Waals surface area (Å²) in [4.78, 5) is 18.5. The highest BCUT2D eigenvalue weighted by Crippen LogP contribution is 2.27. The van der Waals surface area contributed by atoms with Crippen molar-refractivity contribution in [2.45, 2.75) is 13.0 Å². The zero-order chi connectivity index (χ0) is 18.7. The number of hydrogen-bond acceptors (Lipinski definition) is 4. The predicted molar refractivity (Wildman–Crippen MR) is 103 cm³/mol. The molecule has 0 unspecified atom stereocenters. The Morgan fingerprint density at radius 1 is 1.23 bits per heavy atom. The molecule has 0 radical (unpaired) electrons. The summed E-state index contributed by atoms with van der Waals surface area (Å²) in [6.07, 6.45) is 3.14. The molecule has 0 aliphatic heterocycles. The van der Waals surface area contributed by atoms with E-state index in [4.69, 9.17) is 4.74 Å². The second-order valence-corrected chi connectivity index (χ2v) is 6.73. The third-order valence-electron chi connectivity index (χ3n) is 4.36. The summed E-state index contributed by atoms with van der Waals surface area (Å²) in [6.45, 7) is 2.00. The minimum absolute atomic E-state index is 0.0544. The van der Waals surface area contributed by atoms with E-state index in [1.807, 2.05) is 31.2 Å². The van der Waals surface area contributed by atoms with Gasteiger partial charge >= 0.3 is 0 Å². The first-order chi connectivity index (χ1) is 12.5. The Morgan fingerprint density at radius 2 is 1.96 bits per heavy atom. The number of amides is 1. The molecule has 1 aromatic heterocycles. The molecule has 0 aliphatic rings. The SMILES string of the molecule is COc1ccc(C(=O)N(C)[C@@H](C)c2ccc(-n3cncn3)cc2)cc1Br. The molecule has 0 spiro atoms. The second-order valence-electron chi connectivity index (χ2n) is 5.87. The molecule has 1 atom stereocenters. The Morgan fingerprint density at radius 3 is 2.54 bits per heavy atom. The van der Waals surface area contributed by atoms with Crippen LogP contribution in [0.4, 0.5) is 0 Å². The monoisotopic (exact) mass is 414 g/mol. The highest BCUT2D eigenvalue weighted by molar-refractivity contribution is 9.10. The molecule has 134 valence electrons. The average Bonchev–Trinajstić information content (AvgIpc) is 3.21. The van der Waals surface area contributed by atoms with Crippen LogP contribution in [0.15, 0.2) is 59.6 Å². The van der Waals surface area contributed by atoms with Crippen molar-refractivity contribution < 1.29 is 9.53 Å². The van der Waals surface area contributed by atoms with E-state index in [-0.39, 0.29) is 11.9 Å². The molecule has 0 N–H and O–H groups in total.